The second-order valence-electron chi connectivity index (χ2n) is 6.98. The molecule has 1 aliphatic heterocycles. The molecule has 2 aromatic rings. The van der Waals surface area contributed by atoms with Crippen LogP contribution in [0.1, 0.15) is 27.0 Å². The molecule has 12 nitrogen and oxygen atoms in total. The molecule has 1 aromatic heterocycles. The first-order valence-corrected chi connectivity index (χ1v) is 13.0. The zero-order chi connectivity index (χ0) is 24.3. The summed E-state index contributed by atoms with van der Waals surface area (Å²) in [6.07, 6.45) is -3.50. The Labute approximate surface area is 194 Å². The first-order chi connectivity index (χ1) is 15.5. The van der Waals surface area contributed by atoms with Gasteiger partial charge in [0, 0.05) is 0 Å². The predicted octanol–water partition coefficient (Wildman–Crippen LogP) is -0.327. The molecule has 178 valence electrons. The average molecular weight is 549 g/mol. The monoisotopic (exact) mass is 549 g/mol. The Morgan fingerprint density at radius 1 is 1.03 bits per heavy atom. The average Bonchev–Trinajstić information content (AvgIpc) is 3.33. The molecule has 3 rings (SSSR count). The molecule has 0 saturated carbocycles. The number of ether oxygens (including phenoxy) is 4. The number of rotatable bonds is 7. The maximum absolute atomic E-state index is 12.9. The van der Waals surface area contributed by atoms with Crippen LogP contribution in [0.4, 0.5) is 0 Å². The molecule has 0 aliphatic carbocycles. The molecule has 0 unspecified atom stereocenters. The van der Waals surface area contributed by atoms with Crippen LogP contribution in [0.3, 0.4) is 0 Å². The number of nitrogens with zero attached hydrogens (tertiary/aromatic N) is 3. The molecule has 0 spiro atoms. The Morgan fingerprint density at radius 2 is 1.64 bits per heavy atom. The Morgan fingerprint density at radius 3 is 2.21 bits per heavy atom. The van der Waals surface area contributed by atoms with Gasteiger partial charge in [-0.1, -0.05) is 0 Å². The Balaban J connectivity index is 1.94. The molecule has 0 amide bonds. The quantitative estimate of drug-likeness (QED) is 0.254. The fourth-order valence-corrected chi connectivity index (χ4v) is 5.55. The molecule has 4 atom stereocenters. The third kappa shape index (κ3) is 5.74. The summed E-state index contributed by atoms with van der Waals surface area (Å²) in [5.41, 5.74) is 0. The SMILES string of the molecule is CC(=O)OC[C@H]1O[C@@H](n2cnc([Se](=O)(=O)c3ccc(Cl)cc3)n2)[C@H](OC(C)=O)[C@@H]1OC(C)=O. The van der Waals surface area contributed by atoms with Crippen LogP contribution in [0.5, 0.6) is 0 Å². The van der Waals surface area contributed by atoms with Crippen molar-refractivity contribution < 1.29 is 41.0 Å². The number of halogens is 1. The molecule has 1 aromatic carbocycles. The summed E-state index contributed by atoms with van der Waals surface area (Å²) >= 11 is 0.832. The van der Waals surface area contributed by atoms with Gasteiger partial charge in [-0.05, 0) is 0 Å². The van der Waals surface area contributed by atoms with Crippen molar-refractivity contribution in [1.29, 1.82) is 0 Å². The summed E-state index contributed by atoms with van der Waals surface area (Å²) in [6, 6.07) is 5.52. The van der Waals surface area contributed by atoms with E-state index in [0.717, 1.165) is 24.9 Å². The molecule has 1 fully saturated rings. The van der Waals surface area contributed by atoms with Crippen LogP contribution >= 0.6 is 11.6 Å². The van der Waals surface area contributed by atoms with Gasteiger partial charge in [0.15, 0.2) is 0 Å². The molecule has 2 heterocycles. The molecule has 33 heavy (non-hydrogen) atoms. The van der Waals surface area contributed by atoms with E-state index in [1.807, 2.05) is 0 Å². The van der Waals surface area contributed by atoms with E-state index in [0.29, 0.717) is 5.02 Å². The van der Waals surface area contributed by atoms with Gasteiger partial charge in [-0.3, -0.25) is 0 Å². The van der Waals surface area contributed by atoms with E-state index in [4.69, 9.17) is 30.5 Å². The van der Waals surface area contributed by atoms with Crippen molar-refractivity contribution in [3.05, 3.63) is 35.6 Å². The van der Waals surface area contributed by atoms with Crippen LogP contribution in [-0.4, -0.2) is 70.3 Å². The van der Waals surface area contributed by atoms with Crippen LogP contribution in [0.2, 0.25) is 5.02 Å². The van der Waals surface area contributed by atoms with E-state index in [1.54, 1.807) is 0 Å². The summed E-state index contributed by atoms with van der Waals surface area (Å²) in [5, 5.41) is 4.38. The fraction of sp³-hybridized carbons (Fsp3) is 0.421. The normalized spacial score (nSPS) is 22.5. The van der Waals surface area contributed by atoms with Crippen molar-refractivity contribution in [2.45, 2.75) is 45.3 Å². The van der Waals surface area contributed by atoms with Crippen molar-refractivity contribution in [3.63, 3.8) is 0 Å². The second-order valence-corrected chi connectivity index (χ2v) is 11.3. The van der Waals surface area contributed by atoms with Gasteiger partial charge in [-0.2, -0.15) is 0 Å². The summed E-state index contributed by atoms with van der Waals surface area (Å²) in [5.74, 6) is -2.01. The van der Waals surface area contributed by atoms with Crippen LogP contribution < -0.4 is 9.18 Å². The molecule has 1 saturated heterocycles. The fourth-order valence-electron chi connectivity index (χ4n) is 3.13. The minimum absolute atomic E-state index is 0.0113. The van der Waals surface area contributed by atoms with E-state index in [2.05, 4.69) is 10.1 Å². The Kier molecular flexibility index (Phi) is 7.48. The zero-order valence-electron chi connectivity index (χ0n) is 17.7. The van der Waals surface area contributed by atoms with Crippen LogP contribution in [0.25, 0.3) is 0 Å². The standard InChI is InChI=1S/C19H20ClN3O9Se/c1-10(24)29-8-15-16(30-11(2)25)17(31-12(3)26)18(32-15)23-9-21-19(22-23)33(27,28)14-6-4-13(20)5-7-14/h4-7,9,15-18H,8H2,1-3H3/t15-,16-,17-,18-/m1/s1. The third-order valence-corrected chi connectivity index (χ3v) is 7.98. The molecule has 1 aliphatic rings. The zero-order valence-corrected chi connectivity index (χ0v) is 20.2. The number of hydrogen-bond acceptors (Lipinski definition) is 11. The van der Waals surface area contributed by atoms with E-state index in [-0.39, 0.29) is 11.1 Å². The van der Waals surface area contributed by atoms with Gasteiger partial charge >= 0.3 is 195 Å². The van der Waals surface area contributed by atoms with Gasteiger partial charge in [0.05, 0.1) is 0 Å². The van der Waals surface area contributed by atoms with Crippen molar-refractivity contribution >= 4 is 51.4 Å². The van der Waals surface area contributed by atoms with Crippen molar-refractivity contribution in [2.75, 3.05) is 6.61 Å². The molecular weight excluding hydrogens is 529 g/mol. The second kappa shape index (κ2) is 9.96. The van der Waals surface area contributed by atoms with Gasteiger partial charge < -0.3 is 0 Å². The minimum atomic E-state index is -4.99. The number of aromatic nitrogens is 3. The number of benzene rings is 1. The number of carbonyl (C=O) groups excluding carboxylic acids is 3. The van der Waals surface area contributed by atoms with Crippen molar-refractivity contribution in [3.8, 4) is 0 Å². The van der Waals surface area contributed by atoms with Crippen LogP contribution in [0.15, 0.2) is 30.6 Å². The van der Waals surface area contributed by atoms with Crippen LogP contribution in [0, 0.1) is 0 Å². The molecule has 0 radical (unpaired) electrons. The number of carbonyl (C=O) groups is 3. The Hall–Kier alpha value is -2.86. The molecule has 0 bridgehead atoms. The number of hydrogen-bond donors (Lipinski definition) is 0. The van der Waals surface area contributed by atoms with E-state index >= 15 is 0 Å². The summed E-state index contributed by atoms with van der Waals surface area (Å²) in [4.78, 5) is 38.5. The first-order valence-electron chi connectivity index (χ1n) is 9.54. The van der Waals surface area contributed by atoms with Gasteiger partial charge in [0.1, 0.15) is 0 Å². The maximum atomic E-state index is 12.9. The Bertz CT molecular complexity index is 1150. The van der Waals surface area contributed by atoms with Crippen LogP contribution in [-0.2, 0) is 41.0 Å². The summed E-state index contributed by atoms with van der Waals surface area (Å²) in [7, 11) is 0. The summed E-state index contributed by atoms with van der Waals surface area (Å²) in [6.45, 7) is 3.17. The van der Waals surface area contributed by atoms with Gasteiger partial charge in [0.25, 0.3) is 0 Å². The number of esters is 3. The van der Waals surface area contributed by atoms with E-state index in [9.17, 15) is 22.1 Å². The first kappa shape index (κ1) is 24.8. The van der Waals surface area contributed by atoms with E-state index in [1.165, 1.54) is 31.2 Å². The van der Waals surface area contributed by atoms with Gasteiger partial charge in [-0.15, -0.1) is 0 Å². The molecule has 14 heteroatoms. The molecular formula is C19H20ClN3O9Se. The topological polar surface area (TPSA) is 153 Å². The third-order valence-electron chi connectivity index (χ3n) is 4.45. The van der Waals surface area contributed by atoms with Crippen molar-refractivity contribution in [1.82, 2.24) is 14.8 Å². The van der Waals surface area contributed by atoms with E-state index < -0.39 is 59.9 Å². The van der Waals surface area contributed by atoms with Crippen molar-refractivity contribution in [2.24, 2.45) is 0 Å². The summed E-state index contributed by atoms with van der Waals surface area (Å²) < 4.78 is 47.7. The molecule has 0 N–H and O–H groups in total. The van der Waals surface area contributed by atoms with Gasteiger partial charge in [0.2, 0.25) is 0 Å². The predicted molar refractivity (Wildman–Crippen MR) is 110 cm³/mol. The van der Waals surface area contributed by atoms with Gasteiger partial charge in [-0.25, -0.2) is 0 Å².